The van der Waals surface area contributed by atoms with Crippen LogP contribution < -0.4 is 11.5 Å². The second kappa shape index (κ2) is 40.9. The fraction of sp³-hybridized carbons (Fsp3) is 0.750. The molecule has 0 heterocycles. The molecule has 256 valence electrons. The number of allylic oxidation sites excluding steroid dienone is 8. The van der Waals surface area contributed by atoms with E-state index in [9.17, 15) is 9.59 Å². The lowest BCUT2D eigenvalue weighted by Crippen LogP contribution is -2.09. The van der Waals surface area contributed by atoms with Gasteiger partial charge in [-0.05, 0) is 77.0 Å². The van der Waals surface area contributed by atoms with Crippen molar-refractivity contribution in [3.63, 3.8) is 0 Å². The van der Waals surface area contributed by atoms with Crippen molar-refractivity contribution in [2.45, 2.75) is 194 Å². The van der Waals surface area contributed by atoms with Gasteiger partial charge in [0.15, 0.2) is 0 Å². The highest BCUT2D eigenvalue weighted by Gasteiger charge is 1.96. The van der Waals surface area contributed by atoms with Gasteiger partial charge in [0, 0.05) is 12.8 Å². The number of amides is 2. The summed E-state index contributed by atoms with van der Waals surface area (Å²) in [5, 5.41) is 0. The molecule has 0 unspecified atom stereocenters. The predicted molar refractivity (Wildman–Crippen MR) is 196 cm³/mol. The van der Waals surface area contributed by atoms with Crippen LogP contribution in [0, 0.1) is 0 Å². The Kier molecular flexibility index (Phi) is 40.9. The van der Waals surface area contributed by atoms with Crippen LogP contribution in [0.25, 0.3) is 0 Å². The number of hydrogen-bond donors (Lipinski definition) is 2. The zero-order valence-corrected chi connectivity index (χ0v) is 29.4. The van der Waals surface area contributed by atoms with E-state index in [0.717, 1.165) is 38.5 Å². The monoisotopic (exact) mass is 615 g/mol. The summed E-state index contributed by atoms with van der Waals surface area (Å²) in [6, 6.07) is 0. The zero-order valence-electron chi connectivity index (χ0n) is 29.4. The van der Waals surface area contributed by atoms with Gasteiger partial charge in [0.05, 0.1) is 0 Å². The van der Waals surface area contributed by atoms with E-state index >= 15 is 0 Å². The summed E-state index contributed by atoms with van der Waals surface area (Å²) in [5.41, 5.74) is 10.2. The first-order chi connectivity index (χ1) is 21.5. The second-order valence-electron chi connectivity index (χ2n) is 12.3. The van der Waals surface area contributed by atoms with Crippen molar-refractivity contribution in [2.75, 3.05) is 0 Å². The second-order valence-corrected chi connectivity index (χ2v) is 12.3. The van der Waals surface area contributed by atoms with Crippen LogP contribution in [0.15, 0.2) is 48.6 Å². The lowest BCUT2D eigenvalue weighted by Gasteiger charge is -2.00. The van der Waals surface area contributed by atoms with Crippen molar-refractivity contribution < 1.29 is 9.59 Å². The number of hydrogen-bond acceptors (Lipinski definition) is 2. The topological polar surface area (TPSA) is 86.2 Å². The average molecular weight is 615 g/mol. The highest BCUT2D eigenvalue weighted by molar-refractivity contribution is 5.73. The third kappa shape index (κ3) is 46.8. The van der Waals surface area contributed by atoms with Crippen LogP contribution in [0.3, 0.4) is 0 Å². The number of carbonyl (C=O) groups excluding carboxylic acids is 2. The lowest BCUT2D eigenvalue weighted by atomic mass is 10.1. The molecule has 0 aromatic rings. The number of primary amides is 2. The molecule has 0 atom stereocenters. The van der Waals surface area contributed by atoms with Gasteiger partial charge in [-0.1, -0.05) is 152 Å². The maximum absolute atomic E-state index is 10.6. The quantitative estimate of drug-likeness (QED) is 0.0583. The largest absolute Gasteiger partial charge is 0.370 e. The summed E-state index contributed by atoms with van der Waals surface area (Å²) in [4.78, 5) is 21.1. The number of unbranched alkanes of at least 4 members (excludes halogenated alkanes) is 20. The molecule has 0 aromatic heterocycles. The van der Waals surface area contributed by atoms with Crippen LogP contribution in [-0.2, 0) is 9.59 Å². The Morgan fingerprint density at radius 2 is 0.614 bits per heavy atom. The van der Waals surface area contributed by atoms with E-state index in [-0.39, 0.29) is 11.8 Å². The van der Waals surface area contributed by atoms with Crippen molar-refractivity contribution in [1.82, 2.24) is 0 Å². The van der Waals surface area contributed by atoms with Crippen molar-refractivity contribution in [3.05, 3.63) is 48.6 Å². The summed E-state index contributed by atoms with van der Waals surface area (Å²) >= 11 is 0. The molecule has 0 radical (unpaired) electrons. The van der Waals surface area contributed by atoms with Gasteiger partial charge in [-0.15, -0.1) is 0 Å². The molecular formula is C40H74N2O2. The first-order valence-corrected chi connectivity index (χ1v) is 18.7. The normalized spacial score (nSPS) is 11.7. The van der Waals surface area contributed by atoms with Crippen molar-refractivity contribution in [3.8, 4) is 0 Å². The fourth-order valence-electron chi connectivity index (χ4n) is 4.93. The van der Waals surface area contributed by atoms with Crippen LogP contribution in [-0.4, -0.2) is 11.8 Å². The molecule has 0 fully saturated rings. The number of nitrogens with two attached hydrogens (primary N) is 2. The minimum Gasteiger partial charge on any atom is -0.370 e. The van der Waals surface area contributed by atoms with E-state index in [1.807, 2.05) is 0 Å². The van der Waals surface area contributed by atoms with Gasteiger partial charge in [0.2, 0.25) is 11.8 Å². The summed E-state index contributed by atoms with van der Waals surface area (Å²) in [6.45, 7) is 4.49. The molecule has 44 heavy (non-hydrogen) atoms. The molecule has 4 heteroatoms. The van der Waals surface area contributed by atoms with Crippen molar-refractivity contribution in [1.29, 1.82) is 0 Å². The van der Waals surface area contributed by atoms with Gasteiger partial charge in [-0.3, -0.25) is 9.59 Å². The highest BCUT2D eigenvalue weighted by atomic mass is 16.1. The minimum atomic E-state index is -0.164. The van der Waals surface area contributed by atoms with Crippen LogP contribution in [0.1, 0.15) is 194 Å². The molecule has 2 amide bonds. The van der Waals surface area contributed by atoms with E-state index in [0.29, 0.717) is 12.8 Å². The van der Waals surface area contributed by atoms with E-state index in [2.05, 4.69) is 62.5 Å². The number of carbonyl (C=O) groups is 2. The maximum Gasteiger partial charge on any atom is 0.217 e. The van der Waals surface area contributed by atoms with Gasteiger partial charge in [0.1, 0.15) is 0 Å². The molecule has 4 N–H and O–H groups in total. The molecule has 0 aliphatic rings. The van der Waals surface area contributed by atoms with Gasteiger partial charge >= 0.3 is 0 Å². The summed E-state index contributed by atoms with van der Waals surface area (Å²) in [5.74, 6) is -0.329. The molecule has 4 nitrogen and oxygen atoms in total. The van der Waals surface area contributed by atoms with Crippen LogP contribution in [0.4, 0.5) is 0 Å². The SMILES string of the molecule is CCCCCC=CCC=CCCCCCCCCCC(N)=O.CCCCCC=CCC=CCCCCCCCCCC(N)=O. The molecule has 0 aromatic carbocycles. The molecule has 0 saturated heterocycles. The Labute approximate surface area is 274 Å². The Balaban J connectivity index is 0. The third-order valence-corrected chi connectivity index (χ3v) is 7.75. The standard InChI is InChI=1S/2C20H37NO/c2*1-2-3-4-5-6-7-8-9-10-11-12-13-14-15-16-17-18-19-20(21)22/h2*6-7,9-10H,2-5,8,11-19H2,1H3,(H2,21,22). The Bertz CT molecular complexity index is 648. The highest BCUT2D eigenvalue weighted by Crippen LogP contribution is 2.11. The Morgan fingerprint density at radius 3 is 0.886 bits per heavy atom. The lowest BCUT2D eigenvalue weighted by molar-refractivity contribution is -0.119. The molecule has 0 bridgehead atoms. The zero-order chi connectivity index (χ0) is 32.6. The maximum atomic E-state index is 10.6. The van der Waals surface area contributed by atoms with Crippen LogP contribution >= 0.6 is 0 Å². The van der Waals surface area contributed by atoms with Crippen molar-refractivity contribution >= 4 is 11.8 Å². The Hall–Kier alpha value is -2.10. The number of rotatable bonds is 32. The molecule has 0 aliphatic carbocycles. The summed E-state index contributed by atoms with van der Waals surface area (Å²) < 4.78 is 0. The molecular weight excluding hydrogens is 540 g/mol. The van der Waals surface area contributed by atoms with E-state index < -0.39 is 0 Å². The van der Waals surface area contributed by atoms with E-state index in [1.165, 1.54) is 128 Å². The summed E-state index contributed by atoms with van der Waals surface area (Å²) in [6.07, 6.45) is 51.8. The third-order valence-electron chi connectivity index (χ3n) is 7.75. The van der Waals surface area contributed by atoms with Gasteiger partial charge in [-0.25, -0.2) is 0 Å². The van der Waals surface area contributed by atoms with E-state index in [1.54, 1.807) is 0 Å². The first kappa shape index (κ1) is 44.0. The molecule has 0 saturated carbocycles. The molecule has 0 rings (SSSR count). The van der Waals surface area contributed by atoms with E-state index in [4.69, 9.17) is 11.5 Å². The smallest absolute Gasteiger partial charge is 0.217 e. The predicted octanol–water partition coefficient (Wildman–Crippen LogP) is 12.1. The molecule has 0 spiro atoms. The minimum absolute atomic E-state index is 0.164. The van der Waals surface area contributed by atoms with Gasteiger partial charge < -0.3 is 11.5 Å². The summed E-state index contributed by atoms with van der Waals surface area (Å²) in [7, 11) is 0. The fourth-order valence-corrected chi connectivity index (χ4v) is 4.93. The van der Waals surface area contributed by atoms with Gasteiger partial charge in [0.25, 0.3) is 0 Å². The molecule has 0 aliphatic heterocycles. The first-order valence-electron chi connectivity index (χ1n) is 18.7. The van der Waals surface area contributed by atoms with Crippen molar-refractivity contribution in [2.24, 2.45) is 11.5 Å². The van der Waals surface area contributed by atoms with Gasteiger partial charge in [-0.2, -0.15) is 0 Å². The van der Waals surface area contributed by atoms with Crippen LogP contribution in [0.2, 0.25) is 0 Å². The van der Waals surface area contributed by atoms with Crippen LogP contribution in [0.5, 0.6) is 0 Å². The Morgan fingerprint density at radius 1 is 0.364 bits per heavy atom. The average Bonchev–Trinajstić information content (AvgIpc) is 3.00.